The molecule has 0 bridgehead atoms. The minimum Gasteiger partial charge on any atom is -0.475 e. The summed E-state index contributed by atoms with van der Waals surface area (Å²) in [6, 6.07) is 5.51. The van der Waals surface area contributed by atoms with Gasteiger partial charge in [-0.1, -0.05) is 11.6 Å². The predicted octanol–water partition coefficient (Wildman–Crippen LogP) is 4.84. The van der Waals surface area contributed by atoms with Crippen LogP contribution in [0.1, 0.15) is 5.56 Å². The Balaban J connectivity index is 0.000000383. The zero-order valence-electron chi connectivity index (χ0n) is 16.9. The normalized spacial score (nSPS) is 11.1. The molecule has 0 radical (unpaired) electrons. The van der Waals surface area contributed by atoms with Gasteiger partial charge in [0.2, 0.25) is 0 Å². The molecular weight excluding hydrogens is 485 g/mol. The van der Waals surface area contributed by atoms with E-state index in [2.05, 4.69) is 15.1 Å². The summed E-state index contributed by atoms with van der Waals surface area (Å²) in [6.45, 7) is 1.90. The van der Waals surface area contributed by atoms with Gasteiger partial charge in [0.05, 0.1) is 5.39 Å². The summed E-state index contributed by atoms with van der Waals surface area (Å²) in [4.78, 5) is 29.7. The number of pyridine rings is 2. The molecule has 0 saturated carbocycles. The van der Waals surface area contributed by atoms with E-state index in [9.17, 15) is 18.0 Å². The van der Waals surface area contributed by atoms with Crippen molar-refractivity contribution in [3.8, 4) is 22.8 Å². The lowest BCUT2D eigenvalue weighted by molar-refractivity contribution is -0.192. The van der Waals surface area contributed by atoms with Gasteiger partial charge < -0.3 is 9.84 Å². The van der Waals surface area contributed by atoms with Crippen LogP contribution in [0.3, 0.4) is 0 Å². The Morgan fingerprint density at radius 1 is 1.27 bits per heavy atom. The number of aromatic nitrogens is 4. The number of rotatable bonds is 3. The number of hydrogen-bond donors (Lipinski definition) is 1. The maximum atomic E-state index is 12.7. The van der Waals surface area contributed by atoms with Crippen molar-refractivity contribution < 1.29 is 27.8 Å². The third-order valence-electron chi connectivity index (χ3n) is 4.12. The first-order valence-corrected chi connectivity index (χ1v) is 10.2. The molecular formula is C20H14ClF3N4O4S. The van der Waals surface area contributed by atoms with E-state index in [-0.39, 0.29) is 10.7 Å². The first-order chi connectivity index (χ1) is 15.5. The second-order valence-electron chi connectivity index (χ2n) is 6.53. The molecule has 4 heterocycles. The summed E-state index contributed by atoms with van der Waals surface area (Å²) < 4.78 is 39.6. The van der Waals surface area contributed by atoms with Gasteiger partial charge in [0.15, 0.2) is 10.9 Å². The molecule has 0 aliphatic rings. The van der Waals surface area contributed by atoms with E-state index < -0.39 is 12.1 Å². The highest BCUT2D eigenvalue weighted by atomic mass is 35.5. The quantitative estimate of drug-likeness (QED) is 0.403. The minimum atomic E-state index is -5.08. The lowest BCUT2D eigenvalue weighted by Crippen LogP contribution is -2.21. The Labute approximate surface area is 192 Å². The number of carboxylic acid groups (broad SMARTS) is 1. The lowest BCUT2D eigenvalue weighted by Gasteiger charge is -2.09. The lowest BCUT2D eigenvalue weighted by atomic mass is 10.1. The van der Waals surface area contributed by atoms with Crippen LogP contribution in [-0.4, -0.2) is 37.0 Å². The van der Waals surface area contributed by atoms with Crippen molar-refractivity contribution in [2.75, 3.05) is 0 Å². The van der Waals surface area contributed by atoms with Crippen LogP contribution in [0.15, 0.2) is 47.0 Å². The van der Waals surface area contributed by atoms with Crippen LogP contribution in [0, 0.1) is 6.92 Å². The third kappa shape index (κ3) is 5.46. The molecule has 0 aliphatic heterocycles. The highest BCUT2D eigenvalue weighted by molar-refractivity contribution is 7.18. The standard InChI is InChI=1S/C18H13ClN4O2S.C2HF3O2/c1-10-7-13(16(19)21-8-10)25-17-15-14(18(24)23(2)22-17)12(9-26-15)11-3-5-20-6-4-11;3-2(4,5)1(6)7/h3-9H,1-2H3;(H,6,7). The van der Waals surface area contributed by atoms with E-state index in [1.165, 1.54) is 16.0 Å². The number of nitrogens with zero attached hydrogens (tertiary/aromatic N) is 4. The van der Waals surface area contributed by atoms with Crippen molar-refractivity contribution in [3.05, 3.63) is 63.2 Å². The van der Waals surface area contributed by atoms with Crippen LogP contribution < -0.4 is 10.3 Å². The molecule has 4 aromatic rings. The van der Waals surface area contributed by atoms with Gasteiger partial charge in [-0.15, -0.1) is 16.4 Å². The number of thiophene rings is 1. The third-order valence-corrected chi connectivity index (χ3v) is 5.37. The molecule has 0 unspecified atom stereocenters. The highest BCUT2D eigenvalue weighted by Crippen LogP contribution is 2.38. The fraction of sp³-hybridized carbons (Fsp3) is 0.150. The number of carboxylic acids is 1. The number of hydrogen-bond acceptors (Lipinski definition) is 7. The molecule has 0 aliphatic carbocycles. The minimum absolute atomic E-state index is 0.186. The molecule has 0 fully saturated rings. The molecule has 4 rings (SSSR count). The van der Waals surface area contributed by atoms with E-state index in [1.54, 1.807) is 31.7 Å². The van der Waals surface area contributed by atoms with Crippen molar-refractivity contribution in [1.82, 2.24) is 19.7 Å². The Hall–Kier alpha value is -3.51. The van der Waals surface area contributed by atoms with Crippen molar-refractivity contribution >= 4 is 39.0 Å². The molecule has 0 amide bonds. The monoisotopic (exact) mass is 498 g/mol. The zero-order chi connectivity index (χ0) is 24.3. The number of aryl methyl sites for hydroxylation is 2. The molecule has 13 heteroatoms. The van der Waals surface area contributed by atoms with Crippen LogP contribution in [0.2, 0.25) is 5.15 Å². The van der Waals surface area contributed by atoms with Gasteiger partial charge in [0, 0.05) is 36.6 Å². The van der Waals surface area contributed by atoms with E-state index in [4.69, 9.17) is 26.2 Å². The fourth-order valence-corrected chi connectivity index (χ4v) is 3.76. The van der Waals surface area contributed by atoms with Gasteiger partial charge >= 0.3 is 12.1 Å². The molecule has 0 spiro atoms. The number of fused-ring (bicyclic) bond motifs is 1. The van der Waals surface area contributed by atoms with Crippen molar-refractivity contribution in [1.29, 1.82) is 0 Å². The molecule has 0 atom stereocenters. The number of halogens is 4. The maximum Gasteiger partial charge on any atom is 0.490 e. The summed E-state index contributed by atoms with van der Waals surface area (Å²) in [5.41, 5.74) is 2.47. The van der Waals surface area contributed by atoms with Crippen LogP contribution in [0.5, 0.6) is 11.6 Å². The van der Waals surface area contributed by atoms with E-state index in [0.717, 1.165) is 16.7 Å². The summed E-state index contributed by atoms with van der Waals surface area (Å²) in [7, 11) is 1.60. The Kier molecular flexibility index (Phi) is 6.98. The van der Waals surface area contributed by atoms with E-state index in [0.29, 0.717) is 21.7 Å². The second-order valence-corrected chi connectivity index (χ2v) is 7.77. The molecule has 1 N–H and O–H groups in total. The van der Waals surface area contributed by atoms with Crippen molar-refractivity contribution in [2.24, 2.45) is 7.05 Å². The Morgan fingerprint density at radius 3 is 2.52 bits per heavy atom. The molecule has 0 aromatic carbocycles. The van der Waals surface area contributed by atoms with Crippen LogP contribution in [0.25, 0.3) is 21.2 Å². The van der Waals surface area contributed by atoms with Gasteiger partial charge in [0.25, 0.3) is 11.4 Å². The summed E-state index contributed by atoms with van der Waals surface area (Å²) in [5.74, 6) is -2.04. The molecule has 8 nitrogen and oxygen atoms in total. The molecule has 0 saturated heterocycles. The van der Waals surface area contributed by atoms with Crippen molar-refractivity contribution in [2.45, 2.75) is 13.1 Å². The van der Waals surface area contributed by atoms with E-state index in [1.807, 2.05) is 24.4 Å². The van der Waals surface area contributed by atoms with E-state index >= 15 is 0 Å². The molecule has 172 valence electrons. The van der Waals surface area contributed by atoms with Crippen molar-refractivity contribution in [3.63, 3.8) is 0 Å². The number of ether oxygens (including phenoxy) is 1. The van der Waals surface area contributed by atoms with Gasteiger partial charge in [-0.05, 0) is 36.2 Å². The zero-order valence-corrected chi connectivity index (χ0v) is 18.5. The average molecular weight is 499 g/mol. The fourth-order valence-electron chi connectivity index (χ4n) is 2.63. The first kappa shape index (κ1) is 24.1. The summed E-state index contributed by atoms with van der Waals surface area (Å²) >= 11 is 7.54. The number of aliphatic carboxylic acids is 1. The summed E-state index contributed by atoms with van der Waals surface area (Å²) in [6.07, 6.45) is -0.0359. The second kappa shape index (κ2) is 9.55. The molecule has 4 aromatic heterocycles. The first-order valence-electron chi connectivity index (χ1n) is 8.98. The number of alkyl halides is 3. The smallest absolute Gasteiger partial charge is 0.475 e. The highest BCUT2D eigenvalue weighted by Gasteiger charge is 2.38. The Bertz CT molecular complexity index is 1370. The maximum absolute atomic E-state index is 12.7. The topological polar surface area (TPSA) is 107 Å². The molecule has 33 heavy (non-hydrogen) atoms. The largest absolute Gasteiger partial charge is 0.490 e. The Morgan fingerprint density at radius 2 is 1.91 bits per heavy atom. The van der Waals surface area contributed by atoms with Crippen LogP contribution in [-0.2, 0) is 11.8 Å². The van der Waals surface area contributed by atoms with Crippen LogP contribution >= 0.6 is 22.9 Å². The average Bonchev–Trinajstić information content (AvgIpc) is 3.20. The van der Waals surface area contributed by atoms with Gasteiger partial charge in [-0.2, -0.15) is 13.2 Å². The van der Waals surface area contributed by atoms with Gasteiger partial charge in [-0.3, -0.25) is 9.78 Å². The van der Waals surface area contributed by atoms with Crippen LogP contribution in [0.4, 0.5) is 13.2 Å². The SMILES string of the molecule is Cc1cnc(Cl)c(Oc2nn(C)c(=O)c3c(-c4ccncc4)csc23)c1.O=C(O)C(F)(F)F. The number of carbonyl (C=O) groups is 1. The summed E-state index contributed by atoms with van der Waals surface area (Å²) in [5, 5.41) is 14.1. The predicted molar refractivity (Wildman–Crippen MR) is 116 cm³/mol. The van der Waals surface area contributed by atoms with Gasteiger partial charge in [0.1, 0.15) is 4.70 Å². The van der Waals surface area contributed by atoms with Gasteiger partial charge in [-0.25, -0.2) is 14.5 Å².